The van der Waals surface area contributed by atoms with Crippen molar-refractivity contribution >= 4 is 24.0 Å². The maximum atomic E-state index is 6.91. The normalized spacial score (nSPS) is 15.0. The highest BCUT2D eigenvalue weighted by atomic mass is 35.5. The molecule has 0 aromatic carbocycles. The van der Waals surface area contributed by atoms with E-state index < -0.39 is 6.98 Å². The largest absolute Gasteiger partial charge is 0.256 e. The van der Waals surface area contributed by atoms with Gasteiger partial charge < -0.3 is 0 Å². The molecular formula is C4H7Cl2N3. The molecule has 1 aromatic rings. The minimum absolute atomic E-state index is 0. The van der Waals surface area contributed by atoms with Crippen molar-refractivity contribution in [1.82, 2.24) is 14.8 Å². The van der Waals surface area contributed by atoms with Gasteiger partial charge in [-0.15, -0.1) is 24.0 Å². The Morgan fingerprint density at radius 2 is 2.78 bits per heavy atom. The summed E-state index contributed by atoms with van der Waals surface area (Å²) in [6, 6.07) is 0. The lowest BCUT2D eigenvalue weighted by atomic mass is 10.7. The van der Waals surface area contributed by atoms with Crippen molar-refractivity contribution in [1.29, 1.82) is 0 Å². The Morgan fingerprint density at radius 3 is 3.11 bits per heavy atom. The highest BCUT2D eigenvalue weighted by Gasteiger charge is 1.91. The van der Waals surface area contributed by atoms with Gasteiger partial charge in [-0.05, 0) is 0 Å². The summed E-state index contributed by atoms with van der Waals surface area (Å²) in [5, 5.41) is 3.61. The number of aromatic nitrogens is 3. The third-order valence-electron chi connectivity index (χ3n) is 0.659. The fraction of sp³-hybridized carbons (Fsp3) is 0.500. The standard InChI is InChI=1S/C4H6ClN3.ClH/c1-8-3-6-4(2-5)7-8;/h3H,2H2,1H3;1H/i1D3;. The van der Waals surface area contributed by atoms with Crippen LogP contribution in [0.3, 0.4) is 0 Å². The average Bonchev–Trinajstić information content (AvgIpc) is 2.32. The van der Waals surface area contributed by atoms with Gasteiger partial charge in [0.05, 0.1) is 5.88 Å². The summed E-state index contributed by atoms with van der Waals surface area (Å²) in [5.74, 6) is 0.450. The maximum absolute atomic E-state index is 6.91. The molecule has 0 aliphatic heterocycles. The molecule has 0 radical (unpaired) electrons. The second-order valence-electron chi connectivity index (χ2n) is 1.24. The van der Waals surface area contributed by atoms with Crippen molar-refractivity contribution in [2.24, 2.45) is 6.98 Å². The van der Waals surface area contributed by atoms with Gasteiger partial charge in [0.1, 0.15) is 6.33 Å². The van der Waals surface area contributed by atoms with Gasteiger partial charge in [0.2, 0.25) is 0 Å². The Morgan fingerprint density at radius 1 is 2.00 bits per heavy atom. The number of rotatable bonds is 1. The summed E-state index contributed by atoms with van der Waals surface area (Å²) in [5.41, 5.74) is 0. The van der Waals surface area contributed by atoms with Gasteiger partial charge in [0.25, 0.3) is 0 Å². The van der Waals surface area contributed by atoms with Crippen LogP contribution in [0.15, 0.2) is 6.33 Å². The SMILES string of the molecule is Cl.[2H]C([2H])([2H])n1cnc(CCl)n1. The molecule has 5 heteroatoms. The molecule has 3 nitrogen and oxygen atoms in total. The van der Waals surface area contributed by atoms with Crippen LogP contribution in [-0.4, -0.2) is 14.8 Å². The number of halogens is 2. The number of hydrogen-bond acceptors (Lipinski definition) is 2. The van der Waals surface area contributed by atoms with Crippen LogP contribution in [0, 0.1) is 0 Å². The Bertz CT molecular complexity index is 246. The molecule has 0 N–H and O–H groups in total. The maximum Gasteiger partial charge on any atom is 0.165 e. The zero-order chi connectivity index (χ0) is 8.48. The molecule has 0 unspecified atom stereocenters. The lowest BCUT2D eigenvalue weighted by molar-refractivity contribution is 0.754. The predicted molar refractivity (Wildman–Crippen MR) is 37.8 cm³/mol. The molecular weight excluding hydrogens is 161 g/mol. The summed E-state index contributed by atoms with van der Waals surface area (Å²) >= 11 is 5.37. The monoisotopic (exact) mass is 170 g/mol. The van der Waals surface area contributed by atoms with Gasteiger partial charge >= 0.3 is 0 Å². The first-order chi connectivity index (χ1) is 5.04. The summed E-state index contributed by atoms with van der Waals surface area (Å²) in [4.78, 5) is 3.66. The topological polar surface area (TPSA) is 30.7 Å². The summed E-state index contributed by atoms with van der Waals surface area (Å²) in [6.07, 6.45) is 1.14. The molecule has 0 amide bonds. The van der Waals surface area contributed by atoms with Crippen LogP contribution in [0.2, 0.25) is 0 Å². The average molecular weight is 171 g/mol. The van der Waals surface area contributed by atoms with E-state index >= 15 is 0 Å². The van der Waals surface area contributed by atoms with Gasteiger partial charge in [-0.2, -0.15) is 5.10 Å². The molecule has 0 aliphatic rings. The van der Waals surface area contributed by atoms with Crippen LogP contribution in [0.4, 0.5) is 0 Å². The molecule has 9 heavy (non-hydrogen) atoms. The van der Waals surface area contributed by atoms with E-state index in [1.807, 2.05) is 0 Å². The lowest BCUT2D eigenvalue weighted by Crippen LogP contribution is -1.88. The van der Waals surface area contributed by atoms with Crippen molar-refractivity contribution < 1.29 is 4.11 Å². The molecule has 1 aromatic heterocycles. The first kappa shape index (κ1) is 4.52. The lowest BCUT2D eigenvalue weighted by Gasteiger charge is -1.79. The number of nitrogens with zero attached hydrogens (tertiary/aromatic N) is 3. The molecule has 0 aliphatic carbocycles. The van der Waals surface area contributed by atoms with Crippen LogP contribution in [0.5, 0.6) is 0 Å². The van der Waals surface area contributed by atoms with E-state index in [2.05, 4.69) is 10.1 Å². The zero-order valence-electron chi connectivity index (χ0n) is 7.41. The number of hydrogen-bond donors (Lipinski definition) is 0. The highest BCUT2D eigenvalue weighted by Crippen LogP contribution is 1.91. The zero-order valence-corrected chi connectivity index (χ0v) is 5.98. The molecule has 0 saturated carbocycles. The number of aryl methyl sites for hydroxylation is 1. The Labute approximate surface area is 68.7 Å². The van der Waals surface area contributed by atoms with Crippen LogP contribution >= 0.6 is 24.0 Å². The van der Waals surface area contributed by atoms with Crippen molar-refractivity contribution in [3.8, 4) is 0 Å². The van der Waals surface area contributed by atoms with Crippen LogP contribution in [0.25, 0.3) is 0 Å². The summed E-state index contributed by atoms with van der Waals surface area (Å²) in [7, 11) is 0. The first-order valence-electron chi connectivity index (χ1n) is 3.51. The molecule has 0 fully saturated rings. The fourth-order valence-corrected chi connectivity index (χ4v) is 0.481. The van der Waals surface area contributed by atoms with Crippen LogP contribution < -0.4 is 0 Å². The fourth-order valence-electron chi connectivity index (χ4n) is 0.359. The van der Waals surface area contributed by atoms with E-state index in [0.29, 0.717) is 5.82 Å². The first-order valence-corrected chi connectivity index (χ1v) is 2.54. The van der Waals surface area contributed by atoms with Crippen molar-refractivity contribution in [3.63, 3.8) is 0 Å². The van der Waals surface area contributed by atoms with Gasteiger partial charge in [-0.3, -0.25) is 4.68 Å². The van der Waals surface area contributed by atoms with Crippen molar-refractivity contribution in [2.75, 3.05) is 0 Å². The summed E-state index contributed by atoms with van der Waals surface area (Å²) in [6.45, 7) is -2.25. The van der Waals surface area contributed by atoms with E-state index in [1.165, 1.54) is 0 Å². The minimum atomic E-state index is -2.25. The Hall–Kier alpha value is -0.280. The Kier molecular flexibility index (Phi) is 1.85. The van der Waals surface area contributed by atoms with E-state index in [-0.39, 0.29) is 18.3 Å². The second-order valence-corrected chi connectivity index (χ2v) is 1.51. The molecule has 52 valence electrons. The quantitative estimate of drug-likeness (QED) is 0.589. The smallest absolute Gasteiger partial charge is 0.165 e. The van der Waals surface area contributed by atoms with Gasteiger partial charge in [0, 0.05) is 11.1 Å². The molecule has 1 heterocycles. The van der Waals surface area contributed by atoms with E-state index in [1.54, 1.807) is 0 Å². The third-order valence-corrected chi connectivity index (χ3v) is 0.898. The molecule has 0 saturated heterocycles. The van der Waals surface area contributed by atoms with E-state index in [0.717, 1.165) is 11.0 Å². The summed E-state index contributed by atoms with van der Waals surface area (Å²) < 4.78 is 21.5. The minimum Gasteiger partial charge on any atom is -0.256 e. The van der Waals surface area contributed by atoms with Gasteiger partial charge in [-0.25, -0.2) is 4.98 Å². The second kappa shape index (κ2) is 3.69. The van der Waals surface area contributed by atoms with Gasteiger partial charge in [0.15, 0.2) is 5.82 Å². The van der Waals surface area contributed by atoms with Crippen molar-refractivity contribution in [3.05, 3.63) is 12.2 Å². The Balaban J connectivity index is 0.00000121. The van der Waals surface area contributed by atoms with E-state index in [4.69, 9.17) is 15.7 Å². The van der Waals surface area contributed by atoms with Crippen molar-refractivity contribution in [2.45, 2.75) is 5.88 Å². The number of alkyl halides is 1. The molecule has 1 rings (SSSR count). The highest BCUT2D eigenvalue weighted by molar-refractivity contribution is 6.16. The predicted octanol–water partition coefficient (Wildman–Crippen LogP) is 0.976. The van der Waals surface area contributed by atoms with Crippen LogP contribution in [-0.2, 0) is 12.9 Å². The third kappa shape index (κ3) is 2.20. The molecule has 0 bridgehead atoms. The van der Waals surface area contributed by atoms with Gasteiger partial charge in [-0.1, -0.05) is 0 Å². The van der Waals surface area contributed by atoms with E-state index in [9.17, 15) is 0 Å². The molecule has 0 atom stereocenters. The van der Waals surface area contributed by atoms with Crippen LogP contribution in [0.1, 0.15) is 9.94 Å². The molecule has 0 spiro atoms.